The van der Waals surface area contributed by atoms with Crippen LogP contribution < -0.4 is 10.6 Å². The molecule has 5 heteroatoms. The van der Waals surface area contributed by atoms with E-state index in [1.165, 1.54) is 12.8 Å². The lowest BCUT2D eigenvalue weighted by Gasteiger charge is -2.35. The minimum Gasteiger partial charge on any atom is -0.396 e. The highest BCUT2D eigenvalue weighted by atomic mass is 79.9. The number of nitrogens with two attached hydrogens (primary N) is 1. The Kier molecular flexibility index (Phi) is 2.96. The van der Waals surface area contributed by atoms with Gasteiger partial charge in [0.05, 0.1) is 5.69 Å². The van der Waals surface area contributed by atoms with Crippen LogP contribution in [-0.2, 0) is 0 Å². The zero-order valence-corrected chi connectivity index (χ0v) is 11.4. The van der Waals surface area contributed by atoms with Crippen molar-refractivity contribution in [1.29, 1.82) is 0 Å². The second-order valence-electron chi connectivity index (χ2n) is 4.82. The van der Waals surface area contributed by atoms with Gasteiger partial charge in [0.25, 0.3) is 0 Å². The van der Waals surface area contributed by atoms with Crippen LogP contribution in [0.15, 0.2) is 16.7 Å². The largest absolute Gasteiger partial charge is 0.396 e. The molecule has 2 fully saturated rings. The van der Waals surface area contributed by atoms with Crippen LogP contribution in [0.4, 0.5) is 11.5 Å². The van der Waals surface area contributed by atoms with Gasteiger partial charge in [0, 0.05) is 42.9 Å². The molecule has 0 spiro atoms. The van der Waals surface area contributed by atoms with Gasteiger partial charge >= 0.3 is 0 Å². The third-order valence-electron chi connectivity index (χ3n) is 3.54. The topological polar surface area (TPSA) is 45.4 Å². The summed E-state index contributed by atoms with van der Waals surface area (Å²) < 4.78 is 0.940. The molecule has 1 aliphatic carbocycles. The van der Waals surface area contributed by atoms with Crippen molar-refractivity contribution in [3.05, 3.63) is 16.7 Å². The highest BCUT2D eigenvalue weighted by Gasteiger charge is 2.31. The summed E-state index contributed by atoms with van der Waals surface area (Å²) in [5.41, 5.74) is 6.77. The van der Waals surface area contributed by atoms with Gasteiger partial charge in [-0.1, -0.05) is 0 Å². The lowest BCUT2D eigenvalue weighted by atomic mass is 10.3. The van der Waals surface area contributed by atoms with Crippen LogP contribution in [0.5, 0.6) is 0 Å². The van der Waals surface area contributed by atoms with Gasteiger partial charge in [-0.15, -0.1) is 0 Å². The van der Waals surface area contributed by atoms with Crippen LogP contribution in [0.1, 0.15) is 12.8 Å². The molecular formula is C12H17BrN4. The number of rotatable bonds is 2. The van der Waals surface area contributed by atoms with E-state index < -0.39 is 0 Å². The third kappa shape index (κ3) is 2.40. The minimum atomic E-state index is 0.763. The Labute approximate surface area is 110 Å². The van der Waals surface area contributed by atoms with Crippen molar-refractivity contribution < 1.29 is 0 Å². The predicted molar refractivity (Wildman–Crippen MR) is 73.2 cm³/mol. The molecule has 3 rings (SSSR count). The zero-order chi connectivity index (χ0) is 11.8. The molecule has 0 unspecified atom stereocenters. The van der Waals surface area contributed by atoms with Crippen LogP contribution in [0.25, 0.3) is 0 Å². The van der Waals surface area contributed by atoms with E-state index in [-0.39, 0.29) is 0 Å². The van der Waals surface area contributed by atoms with Crippen LogP contribution in [0.2, 0.25) is 0 Å². The molecule has 1 saturated heterocycles. The van der Waals surface area contributed by atoms with Gasteiger partial charge in [-0.3, -0.25) is 4.90 Å². The number of piperazine rings is 1. The van der Waals surface area contributed by atoms with Gasteiger partial charge in [0.15, 0.2) is 5.82 Å². The number of aromatic nitrogens is 1. The normalized spacial score (nSPS) is 21.8. The fraction of sp³-hybridized carbons (Fsp3) is 0.583. The molecule has 0 bridgehead atoms. The molecule has 2 heterocycles. The SMILES string of the molecule is Nc1cc(Br)cnc1N1CCN(C2CC2)CC1. The third-order valence-corrected chi connectivity index (χ3v) is 3.97. The summed E-state index contributed by atoms with van der Waals surface area (Å²) in [6, 6.07) is 2.79. The molecule has 0 amide bonds. The quantitative estimate of drug-likeness (QED) is 0.902. The number of nitrogens with zero attached hydrogens (tertiary/aromatic N) is 3. The smallest absolute Gasteiger partial charge is 0.151 e. The Bertz CT molecular complexity index is 411. The maximum atomic E-state index is 6.01. The van der Waals surface area contributed by atoms with E-state index in [1.807, 2.05) is 12.3 Å². The van der Waals surface area contributed by atoms with Gasteiger partial charge in [0.1, 0.15) is 0 Å². The standard InChI is InChI=1S/C12H17BrN4/c13-9-7-11(14)12(15-8-9)17-5-3-16(4-6-17)10-1-2-10/h7-8,10H,1-6,14H2. The zero-order valence-electron chi connectivity index (χ0n) is 9.77. The van der Waals surface area contributed by atoms with Crippen molar-refractivity contribution in [3.63, 3.8) is 0 Å². The minimum absolute atomic E-state index is 0.763. The van der Waals surface area contributed by atoms with Crippen LogP contribution >= 0.6 is 15.9 Å². The Morgan fingerprint density at radius 2 is 1.94 bits per heavy atom. The van der Waals surface area contributed by atoms with Crippen LogP contribution in [-0.4, -0.2) is 42.1 Å². The molecule has 2 aliphatic rings. The van der Waals surface area contributed by atoms with Crippen LogP contribution in [0.3, 0.4) is 0 Å². The Morgan fingerprint density at radius 3 is 2.53 bits per heavy atom. The summed E-state index contributed by atoms with van der Waals surface area (Å²) in [6.07, 6.45) is 4.59. The van der Waals surface area contributed by atoms with E-state index in [0.717, 1.165) is 48.2 Å². The molecule has 0 radical (unpaired) electrons. The Hall–Kier alpha value is -0.810. The van der Waals surface area contributed by atoms with E-state index in [4.69, 9.17) is 5.73 Å². The Balaban J connectivity index is 1.68. The monoisotopic (exact) mass is 296 g/mol. The van der Waals surface area contributed by atoms with E-state index in [1.54, 1.807) is 0 Å². The van der Waals surface area contributed by atoms with Gasteiger partial charge < -0.3 is 10.6 Å². The maximum absolute atomic E-state index is 6.01. The number of hydrogen-bond donors (Lipinski definition) is 1. The maximum Gasteiger partial charge on any atom is 0.151 e. The Morgan fingerprint density at radius 1 is 1.24 bits per heavy atom. The molecule has 2 N–H and O–H groups in total. The van der Waals surface area contributed by atoms with Gasteiger partial charge in [-0.25, -0.2) is 4.98 Å². The molecule has 17 heavy (non-hydrogen) atoms. The second kappa shape index (κ2) is 4.46. The number of hydrogen-bond acceptors (Lipinski definition) is 4. The lowest BCUT2D eigenvalue weighted by molar-refractivity contribution is 0.247. The summed E-state index contributed by atoms with van der Waals surface area (Å²) in [6.45, 7) is 4.36. The highest BCUT2D eigenvalue weighted by molar-refractivity contribution is 9.10. The lowest BCUT2D eigenvalue weighted by Crippen LogP contribution is -2.47. The molecule has 1 aliphatic heterocycles. The first-order valence-corrected chi connectivity index (χ1v) is 6.93. The molecule has 0 atom stereocenters. The van der Waals surface area contributed by atoms with Crippen molar-refractivity contribution >= 4 is 27.4 Å². The van der Waals surface area contributed by atoms with Crippen molar-refractivity contribution in [3.8, 4) is 0 Å². The van der Waals surface area contributed by atoms with Crippen molar-refractivity contribution in [2.45, 2.75) is 18.9 Å². The summed E-state index contributed by atoms with van der Waals surface area (Å²) in [4.78, 5) is 9.30. The highest BCUT2D eigenvalue weighted by Crippen LogP contribution is 2.29. The average Bonchev–Trinajstić information content (AvgIpc) is 3.13. The number of nitrogen functional groups attached to an aromatic ring is 1. The summed E-state index contributed by atoms with van der Waals surface area (Å²) >= 11 is 3.39. The van der Waals surface area contributed by atoms with Gasteiger partial charge in [0.2, 0.25) is 0 Å². The molecule has 92 valence electrons. The molecule has 4 nitrogen and oxygen atoms in total. The molecule has 1 aromatic rings. The number of anilines is 2. The molecular weight excluding hydrogens is 280 g/mol. The van der Waals surface area contributed by atoms with Gasteiger partial charge in [-0.05, 0) is 34.8 Å². The fourth-order valence-corrected chi connectivity index (χ4v) is 2.80. The van der Waals surface area contributed by atoms with E-state index in [0.29, 0.717) is 0 Å². The molecule has 0 aromatic carbocycles. The molecule has 1 saturated carbocycles. The first-order valence-electron chi connectivity index (χ1n) is 6.14. The summed E-state index contributed by atoms with van der Waals surface area (Å²) in [7, 11) is 0. The summed E-state index contributed by atoms with van der Waals surface area (Å²) in [5, 5.41) is 0. The number of halogens is 1. The van der Waals surface area contributed by atoms with E-state index in [9.17, 15) is 0 Å². The first kappa shape index (κ1) is 11.3. The van der Waals surface area contributed by atoms with Gasteiger partial charge in [-0.2, -0.15) is 0 Å². The predicted octanol–water partition coefficient (Wildman–Crippen LogP) is 1.71. The van der Waals surface area contributed by atoms with Crippen LogP contribution in [0, 0.1) is 0 Å². The van der Waals surface area contributed by atoms with Crippen molar-refractivity contribution in [2.24, 2.45) is 0 Å². The average molecular weight is 297 g/mol. The molecule has 1 aromatic heterocycles. The second-order valence-corrected chi connectivity index (χ2v) is 5.74. The van der Waals surface area contributed by atoms with E-state index >= 15 is 0 Å². The summed E-state index contributed by atoms with van der Waals surface area (Å²) in [5.74, 6) is 0.934. The van der Waals surface area contributed by atoms with Crippen molar-refractivity contribution in [2.75, 3.05) is 36.8 Å². The first-order chi connectivity index (χ1) is 8.24. The van der Waals surface area contributed by atoms with E-state index in [2.05, 4.69) is 30.7 Å². The van der Waals surface area contributed by atoms with Crippen molar-refractivity contribution in [1.82, 2.24) is 9.88 Å². The number of pyridine rings is 1. The fourth-order valence-electron chi connectivity index (χ4n) is 2.45.